The van der Waals surface area contributed by atoms with Crippen molar-refractivity contribution in [3.05, 3.63) is 35.9 Å². The van der Waals surface area contributed by atoms with Gasteiger partial charge in [-0.3, -0.25) is 4.90 Å². The zero-order valence-corrected chi connectivity index (χ0v) is 8.52. The standard InChI is InChI=1S/C13H17N/c1-2-6-11(7-3-1)10-14-12-8-4-5-9-13(12)14/h1-3,6-7,12-13H,4-5,8-10H2. The molecule has 1 heteroatoms. The summed E-state index contributed by atoms with van der Waals surface area (Å²) >= 11 is 0. The van der Waals surface area contributed by atoms with Gasteiger partial charge in [0.1, 0.15) is 0 Å². The molecule has 2 unspecified atom stereocenters. The molecule has 0 spiro atoms. The van der Waals surface area contributed by atoms with Gasteiger partial charge in [-0.05, 0) is 18.4 Å². The predicted molar refractivity (Wildman–Crippen MR) is 58.0 cm³/mol. The minimum atomic E-state index is 0.934. The average molecular weight is 187 g/mol. The van der Waals surface area contributed by atoms with E-state index in [1.807, 2.05) is 0 Å². The Balaban J connectivity index is 1.64. The first-order valence-electron chi connectivity index (χ1n) is 5.75. The van der Waals surface area contributed by atoms with Crippen LogP contribution in [0, 0.1) is 0 Å². The molecule has 74 valence electrons. The summed E-state index contributed by atoms with van der Waals surface area (Å²) in [5.41, 5.74) is 1.47. The number of hydrogen-bond acceptors (Lipinski definition) is 1. The van der Waals surface area contributed by atoms with Crippen LogP contribution in [0.25, 0.3) is 0 Å². The van der Waals surface area contributed by atoms with Crippen molar-refractivity contribution < 1.29 is 0 Å². The van der Waals surface area contributed by atoms with Gasteiger partial charge in [0.2, 0.25) is 0 Å². The monoisotopic (exact) mass is 187 g/mol. The number of nitrogens with zero attached hydrogens (tertiary/aromatic N) is 1. The fraction of sp³-hybridized carbons (Fsp3) is 0.538. The number of likely N-dealkylation sites (tertiary alicyclic amines) is 1. The van der Waals surface area contributed by atoms with Crippen LogP contribution >= 0.6 is 0 Å². The summed E-state index contributed by atoms with van der Waals surface area (Å²) in [7, 11) is 0. The summed E-state index contributed by atoms with van der Waals surface area (Å²) in [6.45, 7) is 1.18. The number of fused-ring (bicyclic) bond motifs is 1. The lowest BCUT2D eigenvalue weighted by Gasteiger charge is -2.02. The van der Waals surface area contributed by atoms with Crippen LogP contribution in [0.4, 0.5) is 0 Å². The molecule has 1 nitrogen and oxygen atoms in total. The van der Waals surface area contributed by atoms with E-state index in [9.17, 15) is 0 Å². The molecule has 0 aromatic heterocycles. The Bertz CT molecular complexity index is 294. The maximum absolute atomic E-state index is 2.67. The van der Waals surface area contributed by atoms with E-state index in [1.54, 1.807) is 0 Å². The van der Waals surface area contributed by atoms with Crippen LogP contribution in [0.2, 0.25) is 0 Å². The van der Waals surface area contributed by atoms with E-state index in [-0.39, 0.29) is 0 Å². The molecule has 1 aliphatic carbocycles. The van der Waals surface area contributed by atoms with E-state index in [4.69, 9.17) is 0 Å². The first kappa shape index (κ1) is 8.49. The zero-order valence-electron chi connectivity index (χ0n) is 8.52. The molecule has 1 saturated heterocycles. The molecule has 2 atom stereocenters. The van der Waals surface area contributed by atoms with Gasteiger partial charge in [-0.2, -0.15) is 0 Å². The molecule has 0 bridgehead atoms. The summed E-state index contributed by atoms with van der Waals surface area (Å²) in [6, 6.07) is 12.7. The Labute approximate surface area is 85.7 Å². The van der Waals surface area contributed by atoms with E-state index in [1.165, 1.54) is 37.8 Å². The third-order valence-corrected chi connectivity index (χ3v) is 3.66. The quantitative estimate of drug-likeness (QED) is 0.643. The first-order chi connectivity index (χ1) is 6.95. The van der Waals surface area contributed by atoms with E-state index in [0.717, 1.165) is 12.1 Å². The Hall–Kier alpha value is -0.820. The molecule has 1 aromatic rings. The van der Waals surface area contributed by atoms with Crippen molar-refractivity contribution in [2.24, 2.45) is 0 Å². The topological polar surface area (TPSA) is 3.01 Å². The molecule has 1 aliphatic heterocycles. The van der Waals surface area contributed by atoms with Crippen LogP contribution in [0.3, 0.4) is 0 Å². The lowest BCUT2D eigenvalue weighted by atomic mass is 10.0. The highest BCUT2D eigenvalue weighted by Gasteiger charge is 2.47. The molecule has 0 N–H and O–H groups in total. The van der Waals surface area contributed by atoms with Gasteiger partial charge in [0.25, 0.3) is 0 Å². The highest BCUT2D eigenvalue weighted by Crippen LogP contribution is 2.41. The van der Waals surface area contributed by atoms with E-state index in [0.29, 0.717) is 0 Å². The second-order valence-electron chi connectivity index (χ2n) is 4.58. The number of rotatable bonds is 2. The van der Waals surface area contributed by atoms with Crippen LogP contribution in [0.5, 0.6) is 0 Å². The highest BCUT2D eigenvalue weighted by molar-refractivity contribution is 5.17. The van der Waals surface area contributed by atoms with Gasteiger partial charge in [0.15, 0.2) is 0 Å². The first-order valence-corrected chi connectivity index (χ1v) is 5.75. The van der Waals surface area contributed by atoms with Crippen LogP contribution in [0.1, 0.15) is 31.2 Å². The van der Waals surface area contributed by atoms with Gasteiger partial charge in [0.05, 0.1) is 0 Å². The largest absolute Gasteiger partial charge is 0.290 e. The molecule has 0 radical (unpaired) electrons. The molecule has 1 aromatic carbocycles. The van der Waals surface area contributed by atoms with Gasteiger partial charge in [-0.25, -0.2) is 0 Å². The van der Waals surface area contributed by atoms with Crippen LogP contribution in [-0.4, -0.2) is 17.0 Å². The van der Waals surface area contributed by atoms with Crippen molar-refractivity contribution in [2.75, 3.05) is 0 Å². The normalized spacial score (nSPS) is 35.0. The Morgan fingerprint density at radius 3 is 2.29 bits per heavy atom. The van der Waals surface area contributed by atoms with E-state index < -0.39 is 0 Å². The maximum atomic E-state index is 2.67. The Morgan fingerprint density at radius 1 is 1.00 bits per heavy atom. The SMILES string of the molecule is c1ccc(CN2C3CCCCC32)cc1. The lowest BCUT2D eigenvalue weighted by molar-refractivity contribution is 0.473. The zero-order chi connectivity index (χ0) is 9.38. The van der Waals surface area contributed by atoms with Crippen molar-refractivity contribution in [1.82, 2.24) is 4.90 Å². The molecule has 2 aliphatic rings. The molecule has 1 saturated carbocycles. The van der Waals surface area contributed by atoms with Crippen LogP contribution in [-0.2, 0) is 6.54 Å². The van der Waals surface area contributed by atoms with Gasteiger partial charge in [-0.1, -0.05) is 43.2 Å². The summed E-state index contributed by atoms with van der Waals surface area (Å²) in [5.74, 6) is 0. The molecule has 0 amide bonds. The summed E-state index contributed by atoms with van der Waals surface area (Å²) in [6.07, 6.45) is 5.79. The van der Waals surface area contributed by atoms with Gasteiger partial charge < -0.3 is 0 Å². The summed E-state index contributed by atoms with van der Waals surface area (Å²) in [5, 5.41) is 0. The van der Waals surface area contributed by atoms with E-state index in [2.05, 4.69) is 35.2 Å². The molecule has 1 heterocycles. The Morgan fingerprint density at radius 2 is 1.64 bits per heavy atom. The van der Waals surface area contributed by atoms with Crippen molar-refractivity contribution in [3.63, 3.8) is 0 Å². The molecular formula is C13H17N. The smallest absolute Gasteiger partial charge is 0.0258 e. The Kier molecular flexibility index (Phi) is 2.06. The fourth-order valence-corrected chi connectivity index (χ4v) is 2.84. The van der Waals surface area contributed by atoms with Crippen LogP contribution in [0.15, 0.2) is 30.3 Å². The predicted octanol–water partition coefficient (Wildman–Crippen LogP) is 2.81. The van der Waals surface area contributed by atoms with Crippen molar-refractivity contribution in [3.8, 4) is 0 Å². The minimum absolute atomic E-state index is 0.934. The minimum Gasteiger partial charge on any atom is -0.290 e. The van der Waals surface area contributed by atoms with Gasteiger partial charge >= 0.3 is 0 Å². The van der Waals surface area contributed by atoms with Gasteiger partial charge in [0, 0.05) is 18.6 Å². The second kappa shape index (κ2) is 3.39. The van der Waals surface area contributed by atoms with Crippen LogP contribution < -0.4 is 0 Å². The number of hydrogen-bond donors (Lipinski definition) is 0. The van der Waals surface area contributed by atoms with Crippen molar-refractivity contribution in [1.29, 1.82) is 0 Å². The third kappa shape index (κ3) is 1.46. The maximum Gasteiger partial charge on any atom is 0.0258 e. The van der Waals surface area contributed by atoms with Crippen molar-refractivity contribution >= 4 is 0 Å². The number of benzene rings is 1. The lowest BCUT2D eigenvalue weighted by Crippen LogP contribution is -2.01. The highest BCUT2D eigenvalue weighted by atomic mass is 15.3. The van der Waals surface area contributed by atoms with Crippen molar-refractivity contribution in [2.45, 2.75) is 44.3 Å². The summed E-state index contributed by atoms with van der Waals surface area (Å²) < 4.78 is 0. The second-order valence-corrected chi connectivity index (χ2v) is 4.58. The molecule has 14 heavy (non-hydrogen) atoms. The molecule has 2 fully saturated rings. The third-order valence-electron chi connectivity index (χ3n) is 3.66. The summed E-state index contributed by atoms with van der Waals surface area (Å²) in [4.78, 5) is 2.67. The van der Waals surface area contributed by atoms with E-state index >= 15 is 0 Å². The average Bonchev–Trinajstić information content (AvgIpc) is 2.94. The van der Waals surface area contributed by atoms with Gasteiger partial charge in [-0.15, -0.1) is 0 Å². The molecule has 3 rings (SSSR count). The molecular weight excluding hydrogens is 170 g/mol. The fourth-order valence-electron chi connectivity index (χ4n) is 2.84.